The van der Waals surface area contributed by atoms with E-state index in [1.807, 2.05) is 12.1 Å². The largest absolute Gasteiger partial charge is 0.465 e. The fourth-order valence-electron chi connectivity index (χ4n) is 2.58. The third-order valence-corrected chi connectivity index (χ3v) is 4.10. The molecule has 4 nitrogen and oxygen atoms in total. The van der Waals surface area contributed by atoms with Gasteiger partial charge in [-0.3, -0.25) is 0 Å². The quantitative estimate of drug-likeness (QED) is 0.854. The fourth-order valence-corrected chi connectivity index (χ4v) is 2.94. The predicted octanol–water partition coefficient (Wildman–Crippen LogP) is 3.73. The first kappa shape index (κ1) is 14.9. The van der Waals surface area contributed by atoms with Crippen molar-refractivity contribution in [2.24, 2.45) is 5.92 Å². The molecule has 2 unspecified atom stereocenters. The van der Waals surface area contributed by atoms with Crippen LogP contribution in [-0.2, 0) is 4.74 Å². The predicted molar refractivity (Wildman–Crippen MR) is 80.5 cm³/mol. The summed E-state index contributed by atoms with van der Waals surface area (Å²) in [6.07, 6.45) is 3.86. The van der Waals surface area contributed by atoms with Gasteiger partial charge in [0.05, 0.1) is 18.7 Å². The van der Waals surface area contributed by atoms with E-state index in [4.69, 9.17) is 10.00 Å². The second kappa shape index (κ2) is 6.76. The molecule has 5 heteroatoms. The number of hydrogen-bond acceptors (Lipinski definition) is 4. The van der Waals surface area contributed by atoms with E-state index in [1.165, 1.54) is 7.11 Å². The zero-order chi connectivity index (χ0) is 14.5. The van der Waals surface area contributed by atoms with Crippen LogP contribution < -0.4 is 5.32 Å². The molecule has 0 amide bonds. The molecule has 2 atom stereocenters. The molecule has 1 N–H and O–H groups in total. The molecule has 0 spiro atoms. The maximum atomic E-state index is 11.8. The molecule has 1 aromatic rings. The minimum absolute atomic E-state index is 0.110. The molecular formula is C15H17BrN2O2. The highest BCUT2D eigenvalue weighted by atomic mass is 79.9. The van der Waals surface area contributed by atoms with E-state index in [-0.39, 0.29) is 17.9 Å². The zero-order valence-corrected chi connectivity index (χ0v) is 12.9. The zero-order valence-electron chi connectivity index (χ0n) is 11.4. The summed E-state index contributed by atoms with van der Waals surface area (Å²) in [6, 6.07) is 8.08. The van der Waals surface area contributed by atoms with Crippen molar-refractivity contribution in [3.8, 4) is 6.07 Å². The molecule has 106 valence electrons. The van der Waals surface area contributed by atoms with Crippen LogP contribution in [0.1, 0.15) is 36.0 Å². The lowest BCUT2D eigenvalue weighted by atomic mass is 9.86. The Hall–Kier alpha value is -1.54. The van der Waals surface area contributed by atoms with Crippen LogP contribution in [-0.4, -0.2) is 19.1 Å². The van der Waals surface area contributed by atoms with Gasteiger partial charge in [-0.15, -0.1) is 0 Å². The summed E-state index contributed by atoms with van der Waals surface area (Å²) < 4.78 is 5.65. The molecule has 0 heterocycles. The molecule has 20 heavy (non-hydrogen) atoms. The Morgan fingerprint density at radius 1 is 1.50 bits per heavy atom. The number of hydrogen-bond donors (Lipinski definition) is 1. The van der Waals surface area contributed by atoms with Crippen LogP contribution in [0.3, 0.4) is 0 Å². The normalized spacial score (nSPS) is 21.9. The minimum atomic E-state index is -0.360. The Kier molecular flexibility index (Phi) is 5.02. The number of nitriles is 1. The molecule has 0 saturated heterocycles. The average Bonchev–Trinajstić information content (AvgIpc) is 2.48. The topological polar surface area (TPSA) is 62.1 Å². The first-order valence-corrected chi connectivity index (χ1v) is 7.47. The van der Waals surface area contributed by atoms with Gasteiger partial charge in [-0.05, 0) is 37.5 Å². The Morgan fingerprint density at radius 3 is 3.00 bits per heavy atom. The maximum absolute atomic E-state index is 11.8. The minimum Gasteiger partial charge on any atom is -0.465 e. The van der Waals surface area contributed by atoms with Gasteiger partial charge in [-0.25, -0.2) is 4.79 Å². The highest BCUT2D eigenvalue weighted by Gasteiger charge is 2.23. The number of benzene rings is 1. The van der Waals surface area contributed by atoms with E-state index >= 15 is 0 Å². The third kappa shape index (κ3) is 3.51. The standard InChI is InChI=1S/C15H17BrN2O2/c1-20-15(19)13-8-11(16)5-6-14(13)18-12-4-2-3-10(7-12)9-17/h5-6,8,10,12,18H,2-4,7H2,1H3. The van der Waals surface area contributed by atoms with Gasteiger partial charge in [-0.2, -0.15) is 5.26 Å². The number of anilines is 1. The van der Waals surface area contributed by atoms with Crippen LogP contribution in [0.4, 0.5) is 5.69 Å². The van der Waals surface area contributed by atoms with E-state index < -0.39 is 0 Å². The SMILES string of the molecule is COC(=O)c1cc(Br)ccc1NC1CCCC(C#N)C1. The van der Waals surface area contributed by atoms with Gasteiger partial charge >= 0.3 is 5.97 Å². The Morgan fingerprint density at radius 2 is 2.30 bits per heavy atom. The smallest absolute Gasteiger partial charge is 0.340 e. The van der Waals surface area contributed by atoms with Crippen molar-refractivity contribution in [1.29, 1.82) is 5.26 Å². The fraction of sp³-hybridized carbons (Fsp3) is 0.467. The van der Waals surface area contributed by atoms with Crippen LogP contribution in [0.5, 0.6) is 0 Å². The number of rotatable bonds is 3. The molecular weight excluding hydrogens is 320 g/mol. The summed E-state index contributed by atoms with van der Waals surface area (Å²) in [4.78, 5) is 11.8. The van der Waals surface area contributed by atoms with Gasteiger partial charge in [0.15, 0.2) is 0 Å². The highest BCUT2D eigenvalue weighted by Crippen LogP contribution is 2.29. The van der Waals surface area contributed by atoms with Gasteiger partial charge in [0.2, 0.25) is 0 Å². The van der Waals surface area contributed by atoms with Crippen molar-refractivity contribution >= 4 is 27.6 Å². The second-order valence-corrected chi connectivity index (χ2v) is 5.93. The van der Waals surface area contributed by atoms with E-state index in [1.54, 1.807) is 6.07 Å². The van der Waals surface area contributed by atoms with Crippen LogP contribution in [0.25, 0.3) is 0 Å². The Labute approximate surface area is 127 Å². The molecule has 1 aromatic carbocycles. The van der Waals surface area contributed by atoms with E-state index in [2.05, 4.69) is 27.3 Å². The van der Waals surface area contributed by atoms with E-state index in [9.17, 15) is 4.79 Å². The van der Waals surface area contributed by atoms with Gasteiger partial charge in [-0.1, -0.05) is 22.4 Å². The Balaban J connectivity index is 2.16. The van der Waals surface area contributed by atoms with Crippen LogP contribution >= 0.6 is 15.9 Å². The van der Waals surface area contributed by atoms with Crippen molar-refractivity contribution in [3.05, 3.63) is 28.2 Å². The van der Waals surface area contributed by atoms with Crippen molar-refractivity contribution in [1.82, 2.24) is 0 Å². The van der Waals surface area contributed by atoms with Crippen LogP contribution in [0, 0.1) is 17.2 Å². The van der Waals surface area contributed by atoms with E-state index in [0.717, 1.165) is 35.8 Å². The number of nitrogens with one attached hydrogen (secondary N) is 1. The lowest BCUT2D eigenvalue weighted by Gasteiger charge is -2.27. The number of nitrogens with zero attached hydrogens (tertiary/aromatic N) is 1. The first-order valence-electron chi connectivity index (χ1n) is 6.68. The van der Waals surface area contributed by atoms with Crippen molar-refractivity contribution < 1.29 is 9.53 Å². The highest BCUT2D eigenvalue weighted by molar-refractivity contribution is 9.10. The molecule has 1 aliphatic rings. The van der Waals surface area contributed by atoms with Crippen molar-refractivity contribution in [3.63, 3.8) is 0 Å². The van der Waals surface area contributed by atoms with Gasteiger partial charge in [0, 0.05) is 22.1 Å². The van der Waals surface area contributed by atoms with Gasteiger partial charge < -0.3 is 10.1 Å². The molecule has 0 aliphatic heterocycles. The molecule has 0 radical (unpaired) electrons. The number of halogens is 1. The number of esters is 1. The summed E-state index contributed by atoms with van der Waals surface area (Å²) >= 11 is 3.36. The summed E-state index contributed by atoms with van der Waals surface area (Å²) in [5.74, 6) is -0.250. The molecule has 0 aromatic heterocycles. The molecule has 1 saturated carbocycles. The van der Waals surface area contributed by atoms with Crippen molar-refractivity contribution in [2.75, 3.05) is 12.4 Å². The van der Waals surface area contributed by atoms with Crippen LogP contribution in [0.2, 0.25) is 0 Å². The summed E-state index contributed by atoms with van der Waals surface area (Å²) in [7, 11) is 1.37. The second-order valence-electron chi connectivity index (χ2n) is 5.02. The monoisotopic (exact) mass is 336 g/mol. The Bertz CT molecular complexity index is 539. The van der Waals surface area contributed by atoms with Gasteiger partial charge in [0.25, 0.3) is 0 Å². The lowest BCUT2D eigenvalue weighted by molar-refractivity contribution is 0.0601. The maximum Gasteiger partial charge on any atom is 0.340 e. The summed E-state index contributed by atoms with van der Waals surface area (Å²) in [6.45, 7) is 0. The summed E-state index contributed by atoms with van der Waals surface area (Å²) in [5.41, 5.74) is 1.28. The summed E-state index contributed by atoms with van der Waals surface area (Å²) in [5, 5.41) is 12.4. The van der Waals surface area contributed by atoms with Gasteiger partial charge in [0.1, 0.15) is 0 Å². The molecule has 2 rings (SSSR count). The van der Waals surface area contributed by atoms with Crippen molar-refractivity contribution in [2.45, 2.75) is 31.7 Å². The number of ether oxygens (including phenoxy) is 1. The average molecular weight is 337 g/mol. The number of carbonyl (C=O) groups is 1. The lowest BCUT2D eigenvalue weighted by Crippen LogP contribution is -2.27. The van der Waals surface area contributed by atoms with Crippen LogP contribution in [0.15, 0.2) is 22.7 Å². The molecule has 0 bridgehead atoms. The molecule has 1 fully saturated rings. The third-order valence-electron chi connectivity index (χ3n) is 3.60. The molecule has 1 aliphatic carbocycles. The number of methoxy groups -OCH3 is 1. The first-order chi connectivity index (χ1) is 9.63. The van der Waals surface area contributed by atoms with E-state index in [0.29, 0.717) is 5.56 Å². The number of carbonyl (C=O) groups excluding carboxylic acids is 1.